The minimum absolute atomic E-state index is 0.113. The number of nitrogens with two attached hydrogens (primary N) is 1. The Bertz CT molecular complexity index is 311. The molecule has 3 N–H and O–H groups in total. The third-order valence-electron chi connectivity index (χ3n) is 1.89. The molecule has 14 heavy (non-hydrogen) atoms. The van der Waals surface area contributed by atoms with E-state index in [9.17, 15) is 4.79 Å². The van der Waals surface area contributed by atoms with Crippen LogP contribution in [0.1, 0.15) is 24.0 Å². The average Bonchev–Trinajstić information content (AvgIpc) is 2.59. The third kappa shape index (κ3) is 3.08. The van der Waals surface area contributed by atoms with Crippen molar-refractivity contribution in [2.24, 2.45) is 5.73 Å². The molecule has 0 spiro atoms. The summed E-state index contributed by atoms with van der Waals surface area (Å²) in [4.78, 5) is 15.5. The minimum Gasteiger partial charge on any atom is -0.349 e. The number of carbonyl (C=O) groups excluding carboxylic acids is 1. The van der Waals surface area contributed by atoms with Gasteiger partial charge in [-0.05, 0) is 13.3 Å². The van der Waals surface area contributed by atoms with Crippen LogP contribution in [-0.4, -0.2) is 16.9 Å². The van der Waals surface area contributed by atoms with Crippen molar-refractivity contribution in [3.63, 3.8) is 0 Å². The van der Waals surface area contributed by atoms with E-state index in [1.54, 1.807) is 11.3 Å². The third-order valence-corrected chi connectivity index (χ3v) is 2.71. The lowest BCUT2D eigenvalue weighted by atomic mass is 10.2. The van der Waals surface area contributed by atoms with Crippen LogP contribution < -0.4 is 11.1 Å². The van der Waals surface area contributed by atoms with Crippen molar-refractivity contribution in [1.29, 1.82) is 0 Å². The number of rotatable bonds is 4. The molecule has 0 radical (unpaired) electrons. The maximum Gasteiger partial charge on any atom is 0.237 e. The molecule has 78 valence electrons. The molecule has 1 aromatic heterocycles. The van der Waals surface area contributed by atoms with Crippen molar-refractivity contribution in [2.75, 3.05) is 0 Å². The molecule has 0 bridgehead atoms. The molecule has 1 heterocycles. The van der Waals surface area contributed by atoms with E-state index in [0.717, 1.165) is 10.7 Å². The molecule has 0 aliphatic carbocycles. The van der Waals surface area contributed by atoms with Crippen LogP contribution >= 0.6 is 11.3 Å². The van der Waals surface area contributed by atoms with Gasteiger partial charge in [0.2, 0.25) is 5.91 Å². The minimum atomic E-state index is -0.408. The molecule has 1 unspecified atom stereocenters. The summed E-state index contributed by atoms with van der Waals surface area (Å²) in [5.74, 6) is -0.113. The SMILES string of the molecule is CCC(N)C(=O)NCc1csc(C)n1. The molecule has 5 heteroatoms. The highest BCUT2D eigenvalue weighted by Gasteiger charge is 2.10. The standard InChI is InChI=1S/C9H15N3OS/c1-3-8(10)9(13)11-4-7-5-14-6(2)12-7/h5,8H,3-4,10H2,1-2H3,(H,11,13). The zero-order valence-electron chi connectivity index (χ0n) is 8.41. The Balaban J connectivity index is 2.37. The van der Waals surface area contributed by atoms with E-state index in [1.807, 2.05) is 19.2 Å². The van der Waals surface area contributed by atoms with Crippen LogP contribution in [0.2, 0.25) is 0 Å². The first-order valence-electron chi connectivity index (χ1n) is 4.57. The molecule has 0 aromatic carbocycles. The summed E-state index contributed by atoms with van der Waals surface area (Å²) in [7, 11) is 0. The van der Waals surface area contributed by atoms with Gasteiger partial charge in [0.05, 0.1) is 23.3 Å². The van der Waals surface area contributed by atoms with Gasteiger partial charge in [0.25, 0.3) is 0 Å². The summed E-state index contributed by atoms with van der Waals surface area (Å²) in [6.45, 7) is 4.29. The summed E-state index contributed by atoms with van der Waals surface area (Å²) < 4.78 is 0. The second-order valence-corrected chi connectivity index (χ2v) is 4.15. The Morgan fingerprint density at radius 2 is 2.50 bits per heavy atom. The number of thiazole rings is 1. The maximum absolute atomic E-state index is 11.3. The van der Waals surface area contributed by atoms with E-state index in [4.69, 9.17) is 5.73 Å². The monoisotopic (exact) mass is 213 g/mol. The van der Waals surface area contributed by atoms with Crippen molar-refractivity contribution in [3.8, 4) is 0 Å². The van der Waals surface area contributed by atoms with Crippen molar-refractivity contribution in [1.82, 2.24) is 10.3 Å². The number of nitrogens with one attached hydrogen (secondary N) is 1. The molecule has 1 rings (SSSR count). The van der Waals surface area contributed by atoms with Gasteiger partial charge in [-0.3, -0.25) is 4.79 Å². The Kier molecular flexibility index (Phi) is 4.03. The van der Waals surface area contributed by atoms with Gasteiger partial charge in [0, 0.05) is 5.38 Å². The van der Waals surface area contributed by atoms with Crippen LogP contribution in [0.15, 0.2) is 5.38 Å². The number of carbonyl (C=O) groups is 1. The Morgan fingerprint density at radius 1 is 1.79 bits per heavy atom. The zero-order chi connectivity index (χ0) is 10.6. The molecule has 4 nitrogen and oxygen atoms in total. The average molecular weight is 213 g/mol. The Labute approximate surface area is 87.5 Å². The number of aromatic nitrogens is 1. The Hall–Kier alpha value is -0.940. The molecule has 0 saturated heterocycles. The highest BCUT2D eigenvalue weighted by atomic mass is 32.1. The van der Waals surface area contributed by atoms with Crippen molar-refractivity contribution >= 4 is 17.2 Å². The van der Waals surface area contributed by atoms with Gasteiger partial charge in [0.1, 0.15) is 0 Å². The fourth-order valence-electron chi connectivity index (χ4n) is 0.984. The van der Waals surface area contributed by atoms with Crippen molar-refractivity contribution < 1.29 is 4.79 Å². The number of hydrogen-bond acceptors (Lipinski definition) is 4. The van der Waals surface area contributed by atoms with E-state index >= 15 is 0 Å². The van der Waals surface area contributed by atoms with E-state index < -0.39 is 6.04 Å². The molecule has 1 aromatic rings. The first-order chi connectivity index (χ1) is 6.63. The van der Waals surface area contributed by atoms with E-state index in [2.05, 4.69) is 10.3 Å². The molecule has 0 aliphatic heterocycles. The largest absolute Gasteiger partial charge is 0.349 e. The molecular formula is C9H15N3OS. The first kappa shape index (κ1) is 11.1. The first-order valence-corrected chi connectivity index (χ1v) is 5.45. The summed E-state index contributed by atoms with van der Waals surface area (Å²) >= 11 is 1.58. The lowest BCUT2D eigenvalue weighted by molar-refractivity contribution is -0.122. The predicted octanol–water partition coefficient (Wildman–Crippen LogP) is 0.805. The topological polar surface area (TPSA) is 68.0 Å². The van der Waals surface area contributed by atoms with Gasteiger partial charge in [0.15, 0.2) is 0 Å². The molecule has 1 amide bonds. The molecule has 0 aliphatic rings. The van der Waals surface area contributed by atoms with E-state index in [0.29, 0.717) is 13.0 Å². The smallest absolute Gasteiger partial charge is 0.237 e. The molecule has 0 fully saturated rings. The second-order valence-electron chi connectivity index (χ2n) is 3.09. The van der Waals surface area contributed by atoms with Crippen LogP contribution in [0.3, 0.4) is 0 Å². The fraction of sp³-hybridized carbons (Fsp3) is 0.556. The van der Waals surface area contributed by atoms with Crippen molar-refractivity contribution in [2.45, 2.75) is 32.9 Å². The van der Waals surface area contributed by atoms with Crippen LogP contribution in [-0.2, 0) is 11.3 Å². The number of amides is 1. The molecule has 1 atom stereocenters. The summed E-state index contributed by atoms with van der Waals surface area (Å²) in [5, 5.41) is 5.69. The van der Waals surface area contributed by atoms with Crippen LogP contribution in [0, 0.1) is 6.92 Å². The van der Waals surface area contributed by atoms with Gasteiger partial charge in [-0.1, -0.05) is 6.92 Å². The number of hydrogen-bond donors (Lipinski definition) is 2. The van der Waals surface area contributed by atoms with Gasteiger partial charge in [-0.15, -0.1) is 11.3 Å². The predicted molar refractivity (Wildman–Crippen MR) is 57.0 cm³/mol. The van der Waals surface area contributed by atoms with E-state index in [1.165, 1.54) is 0 Å². The second kappa shape index (κ2) is 5.07. The maximum atomic E-state index is 11.3. The fourth-order valence-corrected chi connectivity index (χ4v) is 1.60. The van der Waals surface area contributed by atoms with Gasteiger partial charge in [-0.25, -0.2) is 4.98 Å². The van der Waals surface area contributed by atoms with Crippen LogP contribution in [0.4, 0.5) is 0 Å². The van der Waals surface area contributed by atoms with Gasteiger partial charge < -0.3 is 11.1 Å². The lowest BCUT2D eigenvalue weighted by Gasteiger charge is -2.08. The lowest BCUT2D eigenvalue weighted by Crippen LogP contribution is -2.39. The summed E-state index contributed by atoms with van der Waals surface area (Å²) in [6, 6.07) is -0.408. The van der Waals surface area contributed by atoms with Crippen molar-refractivity contribution in [3.05, 3.63) is 16.1 Å². The summed E-state index contributed by atoms with van der Waals surface area (Å²) in [5.41, 5.74) is 6.45. The quantitative estimate of drug-likeness (QED) is 0.777. The molecule has 0 saturated carbocycles. The summed E-state index contributed by atoms with van der Waals surface area (Å²) in [6.07, 6.45) is 0.655. The van der Waals surface area contributed by atoms with Gasteiger partial charge >= 0.3 is 0 Å². The van der Waals surface area contributed by atoms with Crippen LogP contribution in [0.25, 0.3) is 0 Å². The zero-order valence-corrected chi connectivity index (χ0v) is 9.23. The number of aryl methyl sites for hydroxylation is 1. The van der Waals surface area contributed by atoms with E-state index in [-0.39, 0.29) is 5.91 Å². The Morgan fingerprint density at radius 3 is 3.00 bits per heavy atom. The highest BCUT2D eigenvalue weighted by molar-refractivity contribution is 7.09. The molecular weight excluding hydrogens is 198 g/mol. The highest BCUT2D eigenvalue weighted by Crippen LogP contribution is 2.07. The normalized spacial score (nSPS) is 12.5. The van der Waals surface area contributed by atoms with Gasteiger partial charge in [-0.2, -0.15) is 0 Å². The number of nitrogens with zero attached hydrogens (tertiary/aromatic N) is 1. The van der Waals surface area contributed by atoms with Crippen LogP contribution in [0.5, 0.6) is 0 Å².